The Balaban J connectivity index is 1.74. The highest BCUT2D eigenvalue weighted by Gasteiger charge is 2.33. The first-order chi connectivity index (χ1) is 10.2. The van der Waals surface area contributed by atoms with E-state index in [1.54, 1.807) is 0 Å². The van der Waals surface area contributed by atoms with Crippen LogP contribution in [0.1, 0.15) is 0 Å². The molecule has 2 N–H and O–H groups in total. The summed E-state index contributed by atoms with van der Waals surface area (Å²) in [5, 5.41) is 5.93. The summed E-state index contributed by atoms with van der Waals surface area (Å²) in [6.45, 7) is 0. The van der Waals surface area contributed by atoms with Crippen LogP contribution in [-0.4, -0.2) is 18.1 Å². The summed E-state index contributed by atoms with van der Waals surface area (Å²) in [5.41, 5.74) is 2.67. The molecule has 4 rings (SSSR count). The number of carbonyl (C=O) groups excluding carboxylic acids is 1. The van der Waals surface area contributed by atoms with Crippen LogP contribution >= 0.6 is 11.6 Å². The van der Waals surface area contributed by atoms with Crippen LogP contribution in [0.2, 0.25) is 5.02 Å². The van der Waals surface area contributed by atoms with E-state index < -0.39 is 6.23 Å². The molecule has 2 aliphatic rings. The SMILES string of the molecule is O=C1NC2=Nc3ccc(-c4cccc(Cl)c4)cc3OC2N1. The molecular formula is C15H10ClN3O2. The molecule has 2 aromatic carbocycles. The lowest BCUT2D eigenvalue weighted by Gasteiger charge is -2.20. The van der Waals surface area contributed by atoms with Crippen molar-refractivity contribution < 1.29 is 9.53 Å². The summed E-state index contributed by atoms with van der Waals surface area (Å²) in [4.78, 5) is 15.7. The Morgan fingerprint density at radius 3 is 2.86 bits per heavy atom. The number of amidine groups is 1. The molecule has 0 radical (unpaired) electrons. The van der Waals surface area contributed by atoms with Crippen molar-refractivity contribution >= 4 is 29.2 Å². The number of fused-ring (bicyclic) bond motifs is 2. The number of halogens is 1. The highest BCUT2D eigenvalue weighted by molar-refractivity contribution is 6.30. The first-order valence-electron chi connectivity index (χ1n) is 6.42. The van der Waals surface area contributed by atoms with Crippen molar-refractivity contribution in [2.24, 2.45) is 4.99 Å². The van der Waals surface area contributed by atoms with Crippen LogP contribution in [0.15, 0.2) is 47.5 Å². The van der Waals surface area contributed by atoms with Gasteiger partial charge in [0.1, 0.15) is 11.4 Å². The van der Waals surface area contributed by atoms with Crippen molar-refractivity contribution in [1.82, 2.24) is 10.6 Å². The molecule has 104 valence electrons. The van der Waals surface area contributed by atoms with Crippen molar-refractivity contribution in [3.05, 3.63) is 47.5 Å². The Morgan fingerprint density at radius 2 is 2.00 bits per heavy atom. The van der Waals surface area contributed by atoms with Crippen molar-refractivity contribution in [1.29, 1.82) is 0 Å². The Labute approximate surface area is 125 Å². The number of nitrogens with one attached hydrogen (secondary N) is 2. The van der Waals surface area contributed by atoms with E-state index >= 15 is 0 Å². The fraction of sp³-hybridized carbons (Fsp3) is 0.0667. The molecule has 1 saturated heterocycles. The number of nitrogens with zero attached hydrogens (tertiary/aromatic N) is 1. The van der Waals surface area contributed by atoms with Crippen molar-refractivity contribution in [2.45, 2.75) is 6.23 Å². The van der Waals surface area contributed by atoms with E-state index in [0.29, 0.717) is 22.3 Å². The Bertz CT molecular complexity index is 788. The molecule has 21 heavy (non-hydrogen) atoms. The maximum Gasteiger partial charge on any atom is 0.323 e. The van der Waals surface area contributed by atoms with Crippen molar-refractivity contribution in [3.63, 3.8) is 0 Å². The summed E-state index contributed by atoms with van der Waals surface area (Å²) >= 11 is 6.02. The van der Waals surface area contributed by atoms with Gasteiger partial charge in [0.25, 0.3) is 0 Å². The van der Waals surface area contributed by atoms with E-state index in [1.807, 2.05) is 42.5 Å². The zero-order valence-electron chi connectivity index (χ0n) is 10.8. The van der Waals surface area contributed by atoms with Gasteiger partial charge in [0.15, 0.2) is 5.84 Å². The predicted octanol–water partition coefficient (Wildman–Crippen LogP) is 3.07. The van der Waals surface area contributed by atoms with Gasteiger partial charge < -0.3 is 4.74 Å². The predicted molar refractivity (Wildman–Crippen MR) is 80.1 cm³/mol. The number of benzene rings is 2. The van der Waals surface area contributed by atoms with Crippen LogP contribution in [0, 0.1) is 0 Å². The molecule has 0 saturated carbocycles. The topological polar surface area (TPSA) is 62.7 Å². The summed E-state index contributed by atoms with van der Waals surface area (Å²) in [7, 11) is 0. The van der Waals surface area contributed by atoms with Crippen LogP contribution in [0.4, 0.5) is 10.5 Å². The average molecular weight is 300 g/mol. The summed E-state index contributed by atoms with van der Waals surface area (Å²) < 4.78 is 5.76. The van der Waals surface area contributed by atoms with E-state index in [9.17, 15) is 4.79 Å². The molecule has 1 fully saturated rings. The van der Waals surface area contributed by atoms with Crippen LogP contribution in [0.25, 0.3) is 11.1 Å². The highest BCUT2D eigenvalue weighted by atomic mass is 35.5. The first kappa shape index (κ1) is 12.2. The molecule has 1 atom stereocenters. The van der Waals surface area contributed by atoms with Gasteiger partial charge in [-0.3, -0.25) is 10.6 Å². The van der Waals surface area contributed by atoms with Crippen molar-refractivity contribution in [2.75, 3.05) is 0 Å². The molecule has 1 unspecified atom stereocenters. The molecule has 0 aromatic heterocycles. The third-order valence-corrected chi connectivity index (χ3v) is 3.59. The van der Waals surface area contributed by atoms with E-state index in [1.165, 1.54) is 0 Å². The molecule has 0 spiro atoms. The Kier molecular flexibility index (Phi) is 2.62. The van der Waals surface area contributed by atoms with Crippen LogP contribution in [0.5, 0.6) is 5.75 Å². The number of rotatable bonds is 1. The summed E-state index contributed by atoms with van der Waals surface area (Å²) in [6.07, 6.45) is -0.542. The molecule has 5 nitrogen and oxygen atoms in total. The number of urea groups is 1. The third kappa shape index (κ3) is 2.11. The summed E-state index contributed by atoms with van der Waals surface area (Å²) in [6, 6.07) is 13.0. The monoisotopic (exact) mass is 299 g/mol. The molecule has 0 aliphatic carbocycles. The lowest BCUT2D eigenvalue weighted by Crippen LogP contribution is -2.36. The van der Waals surface area contributed by atoms with Gasteiger partial charge in [-0.05, 0) is 35.4 Å². The smallest absolute Gasteiger partial charge is 0.323 e. The number of amides is 2. The molecule has 2 amide bonds. The minimum atomic E-state index is -0.542. The third-order valence-electron chi connectivity index (χ3n) is 3.36. The lowest BCUT2D eigenvalue weighted by molar-refractivity contribution is 0.220. The minimum absolute atomic E-state index is 0.304. The van der Waals surface area contributed by atoms with Gasteiger partial charge in [-0.15, -0.1) is 0 Å². The highest BCUT2D eigenvalue weighted by Crippen LogP contribution is 2.36. The molecule has 2 aromatic rings. The largest absolute Gasteiger partial charge is 0.461 e. The molecular weight excluding hydrogens is 290 g/mol. The Hall–Kier alpha value is -2.53. The average Bonchev–Trinajstić information content (AvgIpc) is 2.83. The molecule has 2 aliphatic heterocycles. The van der Waals surface area contributed by atoms with Gasteiger partial charge in [0, 0.05) is 5.02 Å². The fourth-order valence-electron chi connectivity index (χ4n) is 2.38. The molecule has 2 heterocycles. The van der Waals surface area contributed by atoms with E-state index in [2.05, 4.69) is 15.6 Å². The van der Waals surface area contributed by atoms with Crippen LogP contribution in [0.3, 0.4) is 0 Å². The van der Waals surface area contributed by atoms with Crippen molar-refractivity contribution in [3.8, 4) is 16.9 Å². The fourth-order valence-corrected chi connectivity index (χ4v) is 2.57. The second kappa shape index (κ2) is 4.49. The van der Waals surface area contributed by atoms with Crippen LogP contribution in [-0.2, 0) is 0 Å². The van der Waals surface area contributed by atoms with Crippen LogP contribution < -0.4 is 15.4 Å². The zero-order valence-corrected chi connectivity index (χ0v) is 11.5. The maximum absolute atomic E-state index is 11.3. The van der Waals surface area contributed by atoms with E-state index in [0.717, 1.165) is 11.1 Å². The second-order valence-corrected chi connectivity index (χ2v) is 5.22. The standard InChI is InChI=1S/C15H10ClN3O2/c16-10-3-1-2-8(6-10)9-4-5-11-12(7-9)21-14-13(17-11)18-15(20)19-14/h1-7,14H,(H2,17,18,19,20). The summed E-state index contributed by atoms with van der Waals surface area (Å²) in [5.74, 6) is 1.12. The quantitative estimate of drug-likeness (QED) is 0.850. The number of carbonyl (C=O) groups is 1. The van der Waals surface area contributed by atoms with E-state index in [-0.39, 0.29) is 6.03 Å². The molecule has 6 heteroatoms. The van der Waals surface area contributed by atoms with Gasteiger partial charge in [-0.2, -0.15) is 0 Å². The Morgan fingerprint density at radius 1 is 1.14 bits per heavy atom. The normalized spacial score (nSPS) is 18.8. The minimum Gasteiger partial charge on any atom is -0.461 e. The second-order valence-electron chi connectivity index (χ2n) is 4.79. The number of aliphatic imine (C=N–C) groups is 1. The lowest BCUT2D eigenvalue weighted by atomic mass is 10.0. The zero-order chi connectivity index (χ0) is 14.4. The maximum atomic E-state index is 11.3. The first-order valence-corrected chi connectivity index (χ1v) is 6.79. The number of hydrogen-bond acceptors (Lipinski definition) is 3. The van der Waals surface area contributed by atoms with Gasteiger partial charge in [0.05, 0.1) is 0 Å². The van der Waals surface area contributed by atoms with Gasteiger partial charge in [-0.25, -0.2) is 9.79 Å². The van der Waals surface area contributed by atoms with Gasteiger partial charge >= 0.3 is 6.03 Å². The molecule has 0 bridgehead atoms. The van der Waals surface area contributed by atoms with Gasteiger partial charge in [-0.1, -0.05) is 29.8 Å². The number of hydrogen-bond donors (Lipinski definition) is 2. The van der Waals surface area contributed by atoms with Gasteiger partial charge in [0.2, 0.25) is 6.23 Å². The number of ether oxygens (including phenoxy) is 1. The van der Waals surface area contributed by atoms with E-state index in [4.69, 9.17) is 16.3 Å².